The van der Waals surface area contributed by atoms with Gasteiger partial charge in [-0.05, 0) is 64.4 Å². The molecule has 2 aromatic rings. The first-order valence-electron chi connectivity index (χ1n) is 10.6. The first-order valence-corrected chi connectivity index (χ1v) is 10.6. The number of amides is 1. The molecule has 1 aromatic heterocycles. The number of carbonyl (C=O) groups excluding carboxylic acids is 1. The number of rotatable bonds is 4. The zero-order valence-corrected chi connectivity index (χ0v) is 17.5. The molecule has 2 heterocycles. The maximum Gasteiger partial charge on any atom is 0.407 e. The number of hydrogen-bond donors (Lipinski definition) is 2. The number of ether oxygens (including phenoxy) is 1. The van der Waals surface area contributed by atoms with Crippen molar-refractivity contribution in [2.75, 3.05) is 0 Å². The van der Waals surface area contributed by atoms with Gasteiger partial charge in [0.2, 0.25) is 0 Å². The Bertz CT molecular complexity index is 862. The monoisotopic (exact) mass is 397 g/mol. The lowest BCUT2D eigenvalue weighted by molar-refractivity contribution is 0.0429. The molecule has 2 N–H and O–H groups in total. The summed E-state index contributed by atoms with van der Waals surface area (Å²) in [7, 11) is 0. The maximum absolute atomic E-state index is 12.0. The fourth-order valence-electron chi connectivity index (χ4n) is 4.72. The van der Waals surface area contributed by atoms with Crippen molar-refractivity contribution in [2.24, 2.45) is 5.92 Å². The zero-order valence-electron chi connectivity index (χ0n) is 17.5. The fraction of sp³-hybridized carbons (Fsp3) is 0.565. The van der Waals surface area contributed by atoms with Gasteiger partial charge in [-0.3, -0.25) is 0 Å². The van der Waals surface area contributed by atoms with Crippen LogP contribution >= 0.6 is 0 Å². The SMILES string of the molecule is CC(C)(C)OC(=O)NC1CCC([C@H](O)C[C@@H]2c3ccccc3-c3cncn32)CC1. The first kappa shape index (κ1) is 20.0. The number of imidazole rings is 1. The summed E-state index contributed by atoms with van der Waals surface area (Å²) in [5, 5.41) is 14.0. The average Bonchev–Trinajstić information content (AvgIpc) is 3.23. The smallest absolute Gasteiger partial charge is 0.407 e. The molecule has 1 aliphatic carbocycles. The molecule has 4 rings (SSSR count). The van der Waals surface area contributed by atoms with Crippen molar-refractivity contribution in [1.29, 1.82) is 0 Å². The number of aliphatic hydroxyl groups excluding tert-OH is 1. The minimum absolute atomic E-state index is 0.126. The minimum atomic E-state index is -0.485. The molecule has 1 aliphatic heterocycles. The maximum atomic E-state index is 12.0. The van der Waals surface area contributed by atoms with Crippen LogP contribution in [0, 0.1) is 5.92 Å². The van der Waals surface area contributed by atoms with E-state index in [1.54, 1.807) is 0 Å². The van der Waals surface area contributed by atoms with E-state index in [1.807, 2.05) is 39.4 Å². The molecule has 6 heteroatoms. The third-order valence-electron chi connectivity index (χ3n) is 6.10. The molecule has 0 spiro atoms. The Hall–Kier alpha value is -2.34. The van der Waals surface area contributed by atoms with Gasteiger partial charge < -0.3 is 19.7 Å². The molecule has 29 heavy (non-hydrogen) atoms. The molecule has 0 unspecified atom stereocenters. The quantitative estimate of drug-likeness (QED) is 0.807. The largest absolute Gasteiger partial charge is 0.444 e. The average molecular weight is 398 g/mol. The van der Waals surface area contributed by atoms with Gasteiger partial charge in [-0.2, -0.15) is 0 Å². The highest BCUT2D eigenvalue weighted by Gasteiger charge is 2.34. The van der Waals surface area contributed by atoms with Gasteiger partial charge in [-0.1, -0.05) is 24.3 Å². The van der Waals surface area contributed by atoms with Crippen LogP contribution in [0.1, 0.15) is 64.5 Å². The zero-order chi connectivity index (χ0) is 20.6. The molecule has 1 aromatic carbocycles. The topological polar surface area (TPSA) is 76.4 Å². The summed E-state index contributed by atoms with van der Waals surface area (Å²) in [6.45, 7) is 5.60. The summed E-state index contributed by atoms with van der Waals surface area (Å²) in [5.41, 5.74) is 3.13. The van der Waals surface area contributed by atoms with Crippen molar-refractivity contribution in [3.8, 4) is 11.3 Å². The van der Waals surface area contributed by atoms with Crippen molar-refractivity contribution in [2.45, 2.75) is 76.7 Å². The van der Waals surface area contributed by atoms with Gasteiger partial charge in [0.15, 0.2) is 0 Å². The van der Waals surface area contributed by atoms with Crippen molar-refractivity contribution in [3.63, 3.8) is 0 Å². The molecule has 0 bridgehead atoms. The Balaban J connectivity index is 1.33. The van der Waals surface area contributed by atoms with Gasteiger partial charge in [0.25, 0.3) is 0 Å². The molecule has 2 aliphatic rings. The van der Waals surface area contributed by atoms with Crippen LogP contribution in [0.25, 0.3) is 11.3 Å². The summed E-state index contributed by atoms with van der Waals surface area (Å²) < 4.78 is 7.54. The number of benzene rings is 1. The van der Waals surface area contributed by atoms with Crippen LogP contribution in [-0.2, 0) is 4.74 Å². The number of nitrogens with zero attached hydrogens (tertiary/aromatic N) is 2. The summed E-state index contributed by atoms with van der Waals surface area (Å²) in [6, 6.07) is 8.65. The van der Waals surface area contributed by atoms with Crippen LogP contribution in [0.3, 0.4) is 0 Å². The Morgan fingerprint density at radius 1 is 1.28 bits per heavy atom. The second-order valence-electron chi connectivity index (χ2n) is 9.35. The summed E-state index contributed by atoms with van der Waals surface area (Å²) in [4.78, 5) is 16.3. The van der Waals surface area contributed by atoms with Gasteiger partial charge in [0, 0.05) is 11.6 Å². The number of nitrogens with one attached hydrogen (secondary N) is 1. The van der Waals surface area contributed by atoms with E-state index < -0.39 is 5.60 Å². The normalized spacial score (nSPS) is 24.5. The molecule has 0 radical (unpaired) electrons. The van der Waals surface area contributed by atoms with Gasteiger partial charge in [0.05, 0.1) is 30.4 Å². The van der Waals surface area contributed by atoms with E-state index >= 15 is 0 Å². The fourth-order valence-corrected chi connectivity index (χ4v) is 4.72. The summed E-state index contributed by atoms with van der Waals surface area (Å²) >= 11 is 0. The molecular weight excluding hydrogens is 366 g/mol. The standard InChI is InChI=1S/C23H31N3O3/c1-23(2,3)29-22(28)25-16-10-8-15(9-11-16)21(27)12-19-17-6-4-5-7-18(17)20-13-24-14-26(19)20/h4-7,13-16,19,21,27H,8-12H2,1-3H3,(H,25,28)/t15?,16?,19-,21-/m1/s1. The van der Waals surface area contributed by atoms with E-state index in [0.717, 1.165) is 31.4 Å². The molecule has 156 valence electrons. The number of aliphatic hydroxyl groups is 1. The van der Waals surface area contributed by atoms with Crippen molar-refractivity contribution in [1.82, 2.24) is 14.9 Å². The molecule has 6 nitrogen and oxygen atoms in total. The van der Waals surface area contributed by atoms with E-state index in [-0.39, 0.29) is 30.2 Å². The van der Waals surface area contributed by atoms with Crippen molar-refractivity contribution in [3.05, 3.63) is 42.4 Å². The molecule has 1 amide bonds. The Labute approximate surface area is 172 Å². The molecule has 0 saturated heterocycles. The van der Waals surface area contributed by atoms with E-state index in [9.17, 15) is 9.90 Å². The first-order chi connectivity index (χ1) is 13.8. The predicted molar refractivity (Wildman–Crippen MR) is 112 cm³/mol. The molecule has 1 saturated carbocycles. The van der Waals surface area contributed by atoms with Crippen LogP contribution in [0.15, 0.2) is 36.8 Å². The molecular formula is C23H31N3O3. The Morgan fingerprint density at radius 2 is 2.00 bits per heavy atom. The van der Waals surface area contributed by atoms with Crippen LogP contribution < -0.4 is 5.32 Å². The van der Waals surface area contributed by atoms with Gasteiger partial charge in [-0.15, -0.1) is 0 Å². The van der Waals surface area contributed by atoms with Crippen LogP contribution in [0.4, 0.5) is 4.79 Å². The van der Waals surface area contributed by atoms with E-state index in [4.69, 9.17) is 4.74 Å². The number of carbonyl (C=O) groups is 1. The Morgan fingerprint density at radius 3 is 2.72 bits per heavy atom. The van der Waals surface area contributed by atoms with Crippen LogP contribution in [-0.4, -0.2) is 38.5 Å². The van der Waals surface area contributed by atoms with Gasteiger partial charge in [-0.25, -0.2) is 9.78 Å². The third kappa shape index (κ3) is 4.32. The highest BCUT2D eigenvalue weighted by molar-refractivity contribution is 5.69. The number of hydrogen-bond acceptors (Lipinski definition) is 4. The number of fused-ring (bicyclic) bond motifs is 3. The second kappa shape index (κ2) is 7.82. The van der Waals surface area contributed by atoms with Crippen molar-refractivity contribution < 1.29 is 14.6 Å². The summed E-state index contributed by atoms with van der Waals surface area (Å²) in [5.74, 6) is 0.256. The minimum Gasteiger partial charge on any atom is -0.444 e. The highest BCUT2D eigenvalue weighted by atomic mass is 16.6. The van der Waals surface area contributed by atoms with Crippen molar-refractivity contribution >= 4 is 6.09 Å². The van der Waals surface area contributed by atoms with Gasteiger partial charge in [0.1, 0.15) is 5.60 Å². The lowest BCUT2D eigenvalue weighted by Crippen LogP contribution is -2.42. The summed E-state index contributed by atoms with van der Waals surface area (Å²) in [6.07, 6.45) is 7.31. The lowest BCUT2D eigenvalue weighted by Gasteiger charge is -2.33. The second-order valence-corrected chi connectivity index (χ2v) is 9.35. The number of aromatic nitrogens is 2. The van der Waals surface area contributed by atoms with Gasteiger partial charge >= 0.3 is 6.09 Å². The van der Waals surface area contributed by atoms with Crippen LogP contribution in [0.2, 0.25) is 0 Å². The Kier molecular flexibility index (Phi) is 5.38. The van der Waals surface area contributed by atoms with E-state index in [1.165, 1.54) is 11.1 Å². The van der Waals surface area contributed by atoms with Crippen LogP contribution in [0.5, 0.6) is 0 Å². The predicted octanol–water partition coefficient (Wildman–Crippen LogP) is 4.29. The highest BCUT2D eigenvalue weighted by Crippen LogP contribution is 2.42. The molecule has 1 fully saturated rings. The number of alkyl carbamates (subject to hydrolysis) is 1. The van der Waals surface area contributed by atoms with E-state index in [2.05, 4.69) is 33.1 Å². The molecule has 2 atom stereocenters. The van der Waals surface area contributed by atoms with E-state index in [0.29, 0.717) is 6.42 Å². The third-order valence-corrected chi connectivity index (χ3v) is 6.10. The lowest BCUT2D eigenvalue weighted by atomic mass is 9.80.